The van der Waals surface area contributed by atoms with E-state index in [-0.39, 0.29) is 18.8 Å². The highest BCUT2D eigenvalue weighted by Crippen LogP contribution is 2.44. The van der Waals surface area contributed by atoms with Crippen molar-refractivity contribution in [2.24, 2.45) is 5.92 Å². The van der Waals surface area contributed by atoms with Crippen LogP contribution < -0.4 is 10.6 Å². The molecule has 0 unspecified atom stereocenters. The van der Waals surface area contributed by atoms with Crippen LogP contribution in [0.1, 0.15) is 55.8 Å². The maximum absolute atomic E-state index is 10.7. The van der Waals surface area contributed by atoms with Crippen LogP contribution in [0, 0.1) is 12.8 Å². The monoisotopic (exact) mass is 526 g/mol. The molecule has 3 saturated carbocycles. The SMILES string of the molecule is CO[C@@H]1CCC[C@@H]1Nc1nc(C)c(-c2nc3c(C4CC4)nccc3s2)c(N[C@@H]2C[C@H](CO)[C@@H](O)[C@H]2O)n1. The van der Waals surface area contributed by atoms with Crippen molar-refractivity contribution in [3.05, 3.63) is 23.7 Å². The topological polar surface area (TPSA) is 146 Å². The third kappa shape index (κ3) is 4.67. The molecule has 3 aliphatic carbocycles. The molecule has 3 aromatic rings. The lowest BCUT2D eigenvalue weighted by Crippen LogP contribution is -2.36. The van der Waals surface area contributed by atoms with Gasteiger partial charge in [-0.1, -0.05) is 0 Å². The molecule has 3 fully saturated rings. The molecule has 0 aliphatic heterocycles. The number of nitrogens with one attached hydrogen (secondary N) is 2. The molecule has 0 spiro atoms. The Morgan fingerprint density at radius 2 is 1.89 bits per heavy atom. The summed E-state index contributed by atoms with van der Waals surface area (Å²) in [4.78, 5) is 19.3. The number of hydrogen-bond acceptors (Lipinski definition) is 11. The number of methoxy groups -OCH3 is 1. The van der Waals surface area contributed by atoms with Crippen molar-refractivity contribution < 1.29 is 20.1 Å². The molecule has 5 N–H and O–H groups in total. The second-order valence-corrected chi connectivity index (χ2v) is 11.6. The van der Waals surface area contributed by atoms with Crippen molar-refractivity contribution in [3.8, 4) is 10.6 Å². The maximum Gasteiger partial charge on any atom is 0.225 e. The third-order valence-electron chi connectivity index (χ3n) is 8.03. The van der Waals surface area contributed by atoms with Crippen LogP contribution in [-0.4, -0.2) is 79.4 Å². The minimum atomic E-state index is -1.02. The number of thiazole rings is 1. The van der Waals surface area contributed by atoms with E-state index in [0.717, 1.165) is 64.3 Å². The summed E-state index contributed by atoms with van der Waals surface area (Å²) in [6, 6.07) is 1.65. The fraction of sp³-hybridized carbons (Fsp3) is 0.615. The lowest BCUT2D eigenvalue weighted by atomic mass is 10.1. The number of aryl methyl sites for hydroxylation is 1. The zero-order chi connectivity index (χ0) is 25.7. The average molecular weight is 527 g/mol. The van der Waals surface area contributed by atoms with E-state index in [1.807, 2.05) is 19.2 Å². The van der Waals surface area contributed by atoms with Gasteiger partial charge in [0.25, 0.3) is 0 Å². The minimum Gasteiger partial charge on any atom is -0.396 e. The zero-order valence-corrected chi connectivity index (χ0v) is 21.9. The first-order valence-corrected chi connectivity index (χ1v) is 14.0. The molecule has 0 amide bonds. The number of ether oxygens (including phenoxy) is 1. The van der Waals surface area contributed by atoms with Crippen LogP contribution in [0.2, 0.25) is 0 Å². The number of fused-ring (bicyclic) bond motifs is 1. The second kappa shape index (κ2) is 10.0. The molecule has 0 radical (unpaired) electrons. The van der Waals surface area contributed by atoms with E-state index in [1.165, 1.54) is 0 Å². The number of aliphatic hydroxyl groups excluding tert-OH is 3. The van der Waals surface area contributed by atoms with Crippen LogP contribution in [0.4, 0.5) is 11.8 Å². The van der Waals surface area contributed by atoms with Gasteiger partial charge in [-0.2, -0.15) is 4.98 Å². The molecule has 3 aromatic heterocycles. The number of rotatable bonds is 8. The highest BCUT2D eigenvalue weighted by atomic mass is 32.1. The van der Waals surface area contributed by atoms with Gasteiger partial charge in [0.15, 0.2) is 0 Å². The maximum atomic E-state index is 10.7. The first-order valence-electron chi connectivity index (χ1n) is 13.1. The minimum absolute atomic E-state index is 0.106. The smallest absolute Gasteiger partial charge is 0.225 e. The highest BCUT2D eigenvalue weighted by molar-refractivity contribution is 7.21. The van der Waals surface area contributed by atoms with Gasteiger partial charge in [-0.25, -0.2) is 9.97 Å². The standard InChI is InChI=1S/C26H34N6O4S/c1-12-19(25-31-21-18(37-25)8-9-27-20(21)13-6-7-13)24(29-16-10-14(11-33)22(34)23(16)35)32-26(28-12)30-15-4-3-5-17(15)36-2/h8-9,13-17,22-23,33-35H,3-7,10-11H2,1-2H3,(H2,28,29,30,32)/t14-,15+,16-,17-,22-,23+/m1/s1. The summed E-state index contributed by atoms with van der Waals surface area (Å²) in [6.07, 6.45) is 5.70. The summed E-state index contributed by atoms with van der Waals surface area (Å²) in [5, 5.41) is 38.4. The summed E-state index contributed by atoms with van der Waals surface area (Å²) < 4.78 is 6.72. The van der Waals surface area contributed by atoms with Crippen molar-refractivity contribution in [1.82, 2.24) is 19.9 Å². The Kier molecular flexibility index (Phi) is 6.74. The van der Waals surface area contributed by atoms with Crippen LogP contribution in [0.25, 0.3) is 20.8 Å². The van der Waals surface area contributed by atoms with E-state index in [2.05, 4.69) is 15.6 Å². The summed E-state index contributed by atoms with van der Waals surface area (Å²) >= 11 is 1.58. The molecule has 0 aromatic carbocycles. The molecule has 11 heteroatoms. The Balaban J connectivity index is 1.40. The Bertz CT molecular complexity index is 1280. The number of hydrogen-bond donors (Lipinski definition) is 5. The third-order valence-corrected chi connectivity index (χ3v) is 9.07. The predicted octanol–water partition coefficient (Wildman–Crippen LogP) is 2.83. The Hall–Kier alpha value is -2.44. The van der Waals surface area contributed by atoms with Crippen molar-refractivity contribution in [1.29, 1.82) is 0 Å². The summed E-state index contributed by atoms with van der Waals surface area (Å²) in [6.45, 7) is 1.76. The van der Waals surface area contributed by atoms with Crippen LogP contribution in [0.3, 0.4) is 0 Å². The number of anilines is 2. The molecule has 6 rings (SSSR count). The molecule has 0 saturated heterocycles. The van der Waals surface area contributed by atoms with Crippen LogP contribution in [-0.2, 0) is 4.74 Å². The molecule has 10 nitrogen and oxygen atoms in total. The van der Waals surface area contributed by atoms with Crippen LogP contribution in [0.5, 0.6) is 0 Å². The van der Waals surface area contributed by atoms with E-state index in [9.17, 15) is 15.3 Å². The lowest BCUT2D eigenvalue weighted by molar-refractivity contribution is 0.00446. The Morgan fingerprint density at radius 3 is 2.62 bits per heavy atom. The van der Waals surface area contributed by atoms with Gasteiger partial charge in [0.1, 0.15) is 22.4 Å². The number of nitrogens with zero attached hydrogens (tertiary/aromatic N) is 4. The van der Waals surface area contributed by atoms with Crippen molar-refractivity contribution in [3.63, 3.8) is 0 Å². The first-order chi connectivity index (χ1) is 18.0. The second-order valence-electron chi connectivity index (χ2n) is 10.6. The average Bonchev–Trinajstić information content (AvgIpc) is 3.39. The number of aromatic nitrogens is 4. The summed E-state index contributed by atoms with van der Waals surface area (Å²) in [5.74, 6) is 1.13. The Morgan fingerprint density at radius 1 is 1.05 bits per heavy atom. The summed E-state index contributed by atoms with van der Waals surface area (Å²) in [5.41, 5.74) is 3.53. The first kappa shape index (κ1) is 24.9. The molecular formula is C26H34N6O4S. The summed E-state index contributed by atoms with van der Waals surface area (Å²) in [7, 11) is 1.73. The van der Waals surface area contributed by atoms with E-state index in [1.54, 1.807) is 18.4 Å². The van der Waals surface area contributed by atoms with Gasteiger partial charge in [-0.15, -0.1) is 11.3 Å². The van der Waals surface area contributed by atoms with E-state index < -0.39 is 24.2 Å². The van der Waals surface area contributed by atoms with Gasteiger partial charge in [0.2, 0.25) is 5.95 Å². The zero-order valence-electron chi connectivity index (χ0n) is 21.1. The van der Waals surface area contributed by atoms with Gasteiger partial charge in [0.05, 0.1) is 45.9 Å². The molecule has 198 valence electrons. The molecular weight excluding hydrogens is 492 g/mol. The number of aliphatic hydroxyl groups is 3. The molecule has 0 bridgehead atoms. The van der Waals surface area contributed by atoms with Crippen molar-refractivity contribution in [2.75, 3.05) is 24.4 Å². The fourth-order valence-electron chi connectivity index (χ4n) is 5.80. The molecule has 3 aliphatic rings. The highest BCUT2D eigenvalue weighted by Gasteiger charge is 2.42. The van der Waals surface area contributed by atoms with Crippen molar-refractivity contribution >= 4 is 33.3 Å². The van der Waals surface area contributed by atoms with Gasteiger partial charge in [0, 0.05) is 31.7 Å². The van der Waals surface area contributed by atoms with E-state index >= 15 is 0 Å². The van der Waals surface area contributed by atoms with Crippen molar-refractivity contribution in [2.45, 2.75) is 81.8 Å². The van der Waals surface area contributed by atoms with Gasteiger partial charge >= 0.3 is 0 Å². The van der Waals surface area contributed by atoms with Crippen LogP contribution in [0.15, 0.2) is 12.3 Å². The fourth-order valence-corrected chi connectivity index (χ4v) is 6.87. The lowest BCUT2D eigenvalue weighted by Gasteiger charge is -2.23. The molecule has 3 heterocycles. The van der Waals surface area contributed by atoms with Gasteiger partial charge in [-0.3, -0.25) is 4.98 Å². The van der Waals surface area contributed by atoms with E-state index in [4.69, 9.17) is 19.7 Å². The largest absolute Gasteiger partial charge is 0.396 e. The molecule has 37 heavy (non-hydrogen) atoms. The van der Waals surface area contributed by atoms with E-state index in [0.29, 0.717) is 24.1 Å². The predicted molar refractivity (Wildman–Crippen MR) is 142 cm³/mol. The van der Waals surface area contributed by atoms with Crippen LogP contribution >= 0.6 is 11.3 Å². The normalized spacial score (nSPS) is 29.8. The Labute approximate surface area is 219 Å². The number of pyridine rings is 1. The van der Waals surface area contributed by atoms with Gasteiger partial charge < -0.3 is 30.7 Å². The van der Waals surface area contributed by atoms with Gasteiger partial charge in [-0.05, 0) is 51.5 Å². The molecule has 6 atom stereocenters. The quantitative estimate of drug-likeness (QED) is 0.297.